The van der Waals surface area contributed by atoms with Crippen LogP contribution in [-0.2, 0) is 25.4 Å². The van der Waals surface area contributed by atoms with Gasteiger partial charge in [0.15, 0.2) is 0 Å². The molecule has 4 rings (SSSR count). The van der Waals surface area contributed by atoms with Gasteiger partial charge in [0.2, 0.25) is 11.8 Å². The van der Waals surface area contributed by atoms with Crippen molar-refractivity contribution < 1.29 is 23.4 Å². The van der Waals surface area contributed by atoms with Crippen LogP contribution in [0.25, 0.3) is 11.3 Å². The number of carbonyl (C=O) groups is 1. The van der Waals surface area contributed by atoms with Crippen molar-refractivity contribution in [1.29, 1.82) is 0 Å². The van der Waals surface area contributed by atoms with Gasteiger partial charge in [-0.15, -0.1) is 10.2 Å². The van der Waals surface area contributed by atoms with Crippen molar-refractivity contribution in [2.45, 2.75) is 25.5 Å². The Morgan fingerprint density at radius 3 is 2.71 bits per heavy atom. The molecule has 31 heavy (non-hydrogen) atoms. The molecule has 3 heterocycles. The average molecular weight is 430 g/mol. The highest BCUT2D eigenvalue weighted by atomic mass is 19.1. The van der Waals surface area contributed by atoms with E-state index < -0.39 is 6.09 Å². The Balaban J connectivity index is 1.39. The summed E-state index contributed by atoms with van der Waals surface area (Å²) in [6, 6.07) is 7.56. The summed E-state index contributed by atoms with van der Waals surface area (Å²) in [5, 5.41) is 15.2. The first kappa shape index (κ1) is 20.8. The van der Waals surface area contributed by atoms with Crippen molar-refractivity contribution in [3.63, 3.8) is 0 Å². The second-order valence-electron chi connectivity index (χ2n) is 7.17. The summed E-state index contributed by atoms with van der Waals surface area (Å²) < 4.78 is 32.6. The number of hydrogen-bond acceptors (Lipinski definition) is 7. The minimum Gasteiger partial charge on any atom is -0.470 e. The van der Waals surface area contributed by atoms with Gasteiger partial charge in [-0.2, -0.15) is 0 Å². The van der Waals surface area contributed by atoms with Crippen LogP contribution in [0.3, 0.4) is 0 Å². The molecule has 0 aliphatic carbocycles. The predicted octanol–water partition coefficient (Wildman–Crippen LogP) is 2.20. The highest BCUT2D eigenvalue weighted by molar-refractivity contribution is 5.70. The zero-order chi connectivity index (χ0) is 21.8. The smallest absolute Gasteiger partial charge is 0.414 e. The molecule has 0 radical (unpaired) electrons. The molecule has 1 aliphatic heterocycles. The molecule has 10 nitrogen and oxygen atoms in total. The standard InChI is InChI=1S/C20H23FN6O4/c1-26-16(19(23-25-26)13-3-5-14(21)6-4-13)12-30-17-11-18(27(2)24-17)31-20(28)22-15-7-9-29-10-8-15/h3-6,11,15H,7-10,12H2,1-2H3,(H,22,28). The fourth-order valence-corrected chi connectivity index (χ4v) is 3.24. The molecule has 0 atom stereocenters. The van der Waals surface area contributed by atoms with Crippen molar-refractivity contribution in [2.75, 3.05) is 13.2 Å². The van der Waals surface area contributed by atoms with E-state index in [4.69, 9.17) is 14.2 Å². The third-order valence-electron chi connectivity index (χ3n) is 4.97. The minimum atomic E-state index is -0.545. The van der Waals surface area contributed by atoms with Crippen molar-refractivity contribution in [2.24, 2.45) is 14.1 Å². The molecule has 0 bridgehead atoms. The van der Waals surface area contributed by atoms with E-state index >= 15 is 0 Å². The van der Waals surface area contributed by atoms with E-state index in [2.05, 4.69) is 20.7 Å². The molecule has 0 spiro atoms. The van der Waals surface area contributed by atoms with Gasteiger partial charge in [-0.1, -0.05) is 5.21 Å². The molecule has 0 saturated carbocycles. The summed E-state index contributed by atoms with van der Waals surface area (Å²) in [5.41, 5.74) is 2.01. The van der Waals surface area contributed by atoms with Gasteiger partial charge < -0.3 is 19.5 Å². The molecule has 1 fully saturated rings. The van der Waals surface area contributed by atoms with Gasteiger partial charge in [-0.05, 0) is 37.1 Å². The highest BCUT2D eigenvalue weighted by Crippen LogP contribution is 2.24. The monoisotopic (exact) mass is 430 g/mol. The quantitative estimate of drug-likeness (QED) is 0.639. The molecule has 164 valence electrons. The number of carbonyl (C=O) groups excluding carboxylic acids is 1. The van der Waals surface area contributed by atoms with E-state index in [1.807, 2.05) is 0 Å². The molecule has 0 unspecified atom stereocenters. The Morgan fingerprint density at radius 2 is 1.97 bits per heavy atom. The summed E-state index contributed by atoms with van der Waals surface area (Å²) in [6.07, 6.45) is 0.962. The second kappa shape index (κ2) is 9.13. The molecule has 1 amide bonds. The normalized spacial score (nSPS) is 14.4. The Kier molecular flexibility index (Phi) is 6.12. The number of benzene rings is 1. The molecular weight excluding hydrogens is 407 g/mol. The molecule has 1 aliphatic rings. The minimum absolute atomic E-state index is 0.0346. The van der Waals surface area contributed by atoms with E-state index in [0.717, 1.165) is 18.4 Å². The maximum absolute atomic E-state index is 13.2. The number of ether oxygens (including phenoxy) is 3. The number of nitrogens with one attached hydrogen (secondary N) is 1. The van der Waals surface area contributed by atoms with E-state index in [1.165, 1.54) is 22.9 Å². The van der Waals surface area contributed by atoms with Gasteiger partial charge in [0.05, 0.1) is 6.07 Å². The average Bonchev–Trinajstić information content (AvgIpc) is 3.29. The number of amides is 1. The summed E-state index contributed by atoms with van der Waals surface area (Å²) in [4.78, 5) is 12.2. The first-order valence-electron chi connectivity index (χ1n) is 9.87. The lowest BCUT2D eigenvalue weighted by molar-refractivity contribution is 0.0776. The highest BCUT2D eigenvalue weighted by Gasteiger charge is 2.19. The van der Waals surface area contributed by atoms with Gasteiger partial charge in [-0.25, -0.2) is 18.5 Å². The van der Waals surface area contributed by atoms with Gasteiger partial charge in [0.1, 0.15) is 23.8 Å². The van der Waals surface area contributed by atoms with Crippen LogP contribution < -0.4 is 14.8 Å². The van der Waals surface area contributed by atoms with E-state index in [1.54, 1.807) is 30.9 Å². The van der Waals surface area contributed by atoms with E-state index in [-0.39, 0.29) is 30.2 Å². The molecule has 2 aromatic heterocycles. The fraction of sp³-hybridized carbons (Fsp3) is 0.400. The molecule has 11 heteroatoms. The summed E-state index contributed by atoms with van der Waals surface area (Å²) in [5.74, 6) is 0.205. The lowest BCUT2D eigenvalue weighted by Crippen LogP contribution is -2.40. The second-order valence-corrected chi connectivity index (χ2v) is 7.17. The predicted molar refractivity (Wildman–Crippen MR) is 107 cm³/mol. The Bertz CT molecular complexity index is 1040. The topological polar surface area (TPSA) is 105 Å². The van der Waals surface area contributed by atoms with Crippen LogP contribution in [0.5, 0.6) is 11.8 Å². The Labute approximate surface area is 177 Å². The number of halogens is 1. The molecule has 1 saturated heterocycles. The van der Waals surface area contributed by atoms with Gasteiger partial charge in [-0.3, -0.25) is 0 Å². The van der Waals surface area contributed by atoms with Gasteiger partial charge in [0, 0.05) is 38.9 Å². The first-order chi connectivity index (χ1) is 15.0. The largest absolute Gasteiger partial charge is 0.470 e. The van der Waals surface area contributed by atoms with Crippen LogP contribution in [0.4, 0.5) is 9.18 Å². The van der Waals surface area contributed by atoms with Crippen molar-refractivity contribution in [1.82, 2.24) is 30.1 Å². The maximum Gasteiger partial charge on any atom is 0.414 e. The number of aromatic nitrogens is 5. The Hall–Kier alpha value is -3.47. The van der Waals surface area contributed by atoms with Gasteiger partial charge >= 0.3 is 6.09 Å². The fourth-order valence-electron chi connectivity index (χ4n) is 3.24. The van der Waals surface area contributed by atoms with Crippen LogP contribution in [0, 0.1) is 5.82 Å². The lowest BCUT2D eigenvalue weighted by Gasteiger charge is -2.22. The SMILES string of the molecule is Cn1nc(OCc2c(-c3ccc(F)cc3)nnn2C)cc1OC(=O)NC1CCOCC1. The summed E-state index contributed by atoms with van der Waals surface area (Å²) in [7, 11) is 3.39. The molecule has 1 aromatic carbocycles. The number of nitrogens with zero attached hydrogens (tertiary/aromatic N) is 5. The van der Waals surface area contributed by atoms with Crippen molar-refractivity contribution >= 4 is 6.09 Å². The number of hydrogen-bond donors (Lipinski definition) is 1. The first-order valence-corrected chi connectivity index (χ1v) is 9.87. The van der Waals surface area contributed by atoms with Crippen LogP contribution in [0.1, 0.15) is 18.5 Å². The molecule has 3 aromatic rings. The third-order valence-corrected chi connectivity index (χ3v) is 4.97. The van der Waals surface area contributed by atoms with E-state index in [9.17, 15) is 9.18 Å². The van der Waals surface area contributed by atoms with Crippen LogP contribution in [0.2, 0.25) is 0 Å². The lowest BCUT2D eigenvalue weighted by atomic mass is 10.1. The van der Waals surface area contributed by atoms with Crippen molar-refractivity contribution in [3.8, 4) is 23.0 Å². The van der Waals surface area contributed by atoms with E-state index in [0.29, 0.717) is 24.6 Å². The Morgan fingerprint density at radius 1 is 1.23 bits per heavy atom. The van der Waals surface area contributed by atoms with Gasteiger partial charge in [0.25, 0.3) is 0 Å². The number of aryl methyl sites for hydroxylation is 2. The third kappa shape index (κ3) is 5.00. The molecular formula is C20H23FN6O4. The van der Waals surface area contributed by atoms with Crippen LogP contribution in [-0.4, -0.2) is 50.1 Å². The molecule has 1 N–H and O–H groups in total. The van der Waals surface area contributed by atoms with Crippen molar-refractivity contribution in [3.05, 3.63) is 41.8 Å². The van der Waals surface area contributed by atoms with Crippen LogP contribution >= 0.6 is 0 Å². The maximum atomic E-state index is 13.2. The summed E-state index contributed by atoms with van der Waals surface area (Å²) in [6.45, 7) is 1.37. The van der Waals surface area contributed by atoms with Crippen LogP contribution in [0.15, 0.2) is 30.3 Å². The zero-order valence-corrected chi connectivity index (χ0v) is 17.2. The summed E-state index contributed by atoms with van der Waals surface area (Å²) >= 11 is 0. The number of rotatable bonds is 6. The zero-order valence-electron chi connectivity index (χ0n) is 17.2.